The molecule has 2 aromatic rings. The Hall–Kier alpha value is -2.46. The smallest absolute Gasteiger partial charge is 0.330 e. The molecular weight excluding hydrogens is 454 g/mol. The number of rotatable bonds is 4. The van der Waals surface area contributed by atoms with E-state index in [1.165, 1.54) is 17.5 Å². The van der Waals surface area contributed by atoms with Gasteiger partial charge in [0.15, 0.2) is 0 Å². The van der Waals surface area contributed by atoms with Crippen LogP contribution in [0.2, 0.25) is 0 Å². The predicted molar refractivity (Wildman–Crippen MR) is 135 cm³/mol. The van der Waals surface area contributed by atoms with E-state index in [-0.39, 0.29) is 24.3 Å². The van der Waals surface area contributed by atoms with Gasteiger partial charge in [-0.2, -0.15) is 4.98 Å². The maximum atomic E-state index is 12.7. The van der Waals surface area contributed by atoms with Crippen LogP contribution in [0, 0.1) is 5.92 Å². The topological polar surface area (TPSA) is 109 Å². The Balaban J connectivity index is 0.00000274. The molecule has 184 valence electrons. The normalized spacial score (nSPS) is 22.7. The molecule has 2 saturated heterocycles. The fourth-order valence-corrected chi connectivity index (χ4v) is 5.30. The summed E-state index contributed by atoms with van der Waals surface area (Å²) in [5.41, 5.74) is 8.96. The van der Waals surface area contributed by atoms with E-state index in [9.17, 15) is 9.59 Å². The van der Waals surface area contributed by atoms with Gasteiger partial charge in [-0.3, -0.25) is 14.8 Å². The number of likely N-dealkylation sites (tertiary alicyclic amines) is 1. The molecule has 3 heterocycles. The zero-order chi connectivity index (χ0) is 22.8. The summed E-state index contributed by atoms with van der Waals surface area (Å²) in [5, 5.41) is 5.95. The summed E-state index contributed by atoms with van der Waals surface area (Å²) < 4.78 is 1.54. The Kier molecular flexibility index (Phi) is 7.88. The molecule has 10 heteroatoms. The molecule has 0 spiro atoms. The van der Waals surface area contributed by atoms with Gasteiger partial charge in [-0.1, -0.05) is 6.07 Å². The maximum Gasteiger partial charge on any atom is 0.354 e. The third-order valence-corrected chi connectivity index (χ3v) is 7.28. The first-order valence-electron chi connectivity index (χ1n) is 12.0. The molecule has 9 nitrogen and oxygen atoms in total. The van der Waals surface area contributed by atoms with E-state index in [0.717, 1.165) is 57.7 Å². The average Bonchev–Trinajstić information content (AvgIpc) is 3.33. The number of nitrogens with one attached hydrogen (secondary N) is 2. The molecule has 2 aliphatic heterocycles. The number of hydrogen-bond acceptors (Lipinski definition) is 6. The molecule has 2 amide bonds. The average molecular weight is 488 g/mol. The van der Waals surface area contributed by atoms with Gasteiger partial charge in [0.25, 0.3) is 0 Å². The number of aromatic nitrogens is 2. The van der Waals surface area contributed by atoms with Crippen molar-refractivity contribution in [1.82, 2.24) is 24.7 Å². The molecular formula is C24H34ClN7O2. The molecule has 3 aliphatic rings. The Labute approximate surface area is 206 Å². The van der Waals surface area contributed by atoms with Crippen molar-refractivity contribution in [2.45, 2.75) is 31.7 Å². The van der Waals surface area contributed by atoms with Gasteiger partial charge in [-0.25, -0.2) is 9.59 Å². The zero-order valence-corrected chi connectivity index (χ0v) is 20.2. The molecule has 4 N–H and O–H groups in total. The van der Waals surface area contributed by atoms with E-state index in [0.29, 0.717) is 25.0 Å². The first-order chi connectivity index (χ1) is 16.1. The van der Waals surface area contributed by atoms with Gasteiger partial charge >= 0.3 is 11.7 Å². The van der Waals surface area contributed by atoms with Crippen LogP contribution < -0.4 is 22.1 Å². The van der Waals surface area contributed by atoms with E-state index in [4.69, 9.17) is 5.73 Å². The maximum absolute atomic E-state index is 12.7. The second kappa shape index (κ2) is 10.9. The highest BCUT2D eigenvalue weighted by atomic mass is 35.5. The minimum absolute atomic E-state index is 0. The monoisotopic (exact) mass is 487 g/mol. The summed E-state index contributed by atoms with van der Waals surface area (Å²) in [4.78, 5) is 33.5. The van der Waals surface area contributed by atoms with Gasteiger partial charge in [0.1, 0.15) is 5.82 Å². The summed E-state index contributed by atoms with van der Waals surface area (Å²) >= 11 is 0. The Morgan fingerprint density at radius 3 is 2.71 bits per heavy atom. The number of urea groups is 1. The van der Waals surface area contributed by atoms with Crippen LogP contribution in [0.15, 0.2) is 35.3 Å². The highest BCUT2D eigenvalue weighted by Crippen LogP contribution is 2.29. The van der Waals surface area contributed by atoms with Crippen molar-refractivity contribution in [3.05, 3.63) is 52.1 Å². The minimum atomic E-state index is -0.397. The van der Waals surface area contributed by atoms with Gasteiger partial charge in [-0.15, -0.1) is 12.4 Å². The van der Waals surface area contributed by atoms with Crippen molar-refractivity contribution >= 4 is 24.3 Å². The van der Waals surface area contributed by atoms with Crippen molar-refractivity contribution in [2.24, 2.45) is 11.7 Å². The van der Waals surface area contributed by atoms with Gasteiger partial charge < -0.3 is 16.0 Å². The van der Waals surface area contributed by atoms with Crippen LogP contribution in [0.5, 0.6) is 0 Å². The van der Waals surface area contributed by atoms with Crippen molar-refractivity contribution in [3.63, 3.8) is 0 Å². The molecule has 34 heavy (non-hydrogen) atoms. The number of aryl methyl sites for hydroxylation is 1. The molecule has 1 aliphatic carbocycles. The van der Waals surface area contributed by atoms with Gasteiger partial charge in [0, 0.05) is 45.0 Å². The molecule has 1 unspecified atom stereocenters. The second-order valence-electron chi connectivity index (χ2n) is 9.37. The molecule has 5 rings (SSSR count). The highest BCUT2D eigenvalue weighted by molar-refractivity contribution is 5.88. The van der Waals surface area contributed by atoms with Crippen molar-refractivity contribution in [3.8, 4) is 5.69 Å². The summed E-state index contributed by atoms with van der Waals surface area (Å²) in [6.45, 7) is 5.88. The zero-order valence-electron chi connectivity index (χ0n) is 19.4. The molecule has 2 fully saturated rings. The number of nitrogens with two attached hydrogens (primary N) is 1. The first-order valence-corrected chi connectivity index (χ1v) is 12.0. The van der Waals surface area contributed by atoms with Gasteiger partial charge in [0.2, 0.25) is 0 Å². The number of carbonyl (C=O) groups excluding carboxylic acids is 1. The quantitative estimate of drug-likeness (QED) is 0.598. The molecule has 0 radical (unpaired) electrons. The summed E-state index contributed by atoms with van der Waals surface area (Å²) in [7, 11) is 0. The van der Waals surface area contributed by atoms with Crippen LogP contribution in [0.3, 0.4) is 0 Å². The van der Waals surface area contributed by atoms with Crippen LogP contribution in [0.25, 0.3) is 5.69 Å². The van der Waals surface area contributed by atoms with Gasteiger partial charge in [-0.05, 0) is 74.0 Å². The standard InChI is InChI=1S/C24H33N7O2.ClH/c25-15-17-5-9-30(16-17)20-3-1-19-14-21(4-2-18(19)13-20)31-10-6-22(28-24(31)33)27-23(32)29-11-7-26-8-12-29;/h2,4,6,10,14,17,20,26H,1,3,5,7-9,11-13,15-16,25H2,(H,27,28,32,33);1H/t17-,20?;/m1./s1. The summed E-state index contributed by atoms with van der Waals surface area (Å²) in [6, 6.07) is 8.30. The number of carbonyl (C=O) groups is 1. The number of halogens is 1. The number of piperazine rings is 1. The Morgan fingerprint density at radius 2 is 1.97 bits per heavy atom. The lowest BCUT2D eigenvalue weighted by molar-refractivity contribution is 0.204. The number of benzene rings is 1. The Bertz CT molecular complexity index is 1070. The number of amides is 2. The predicted octanol–water partition coefficient (Wildman–Crippen LogP) is 1.23. The van der Waals surface area contributed by atoms with E-state index in [1.807, 2.05) is 6.07 Å². The molecule has 1 aromatic heterocycles. The van der Waals surface area contributed by atoms with E-state index in [2.05, 4.69) is 32.7 Å². The number of fused-ring (bicyclic) bond motifs is 1. The lowest BCUT2D eigenvalue weighted by atomic mass is 9.87. The number of anilines is 1. The minimum Gasteiger partial charge on any atom is -0.330 e. The fraction of sp³-hybridized carbons (Fsp3) is 0.542. The first kappa shape index (κ1) is 24.7. The SMILES string of the molecule is Cl.NC[C@H]1CCN(C2CCc3cc(-n4ccc(NC(=O)N5CCNCC5)nc4=O)ccc3C2)C1. The highest BCUT2D eigenvalue weighted by Gasteiger charge is 2.30. The third kappa shape index (κ3) is 5.27. The Morgan fingerprint density at radius 1 is 1.15 bits per heavy atom. The van der Waals surface area contributed by atoms with Crippen molar-refractivity contribution in [1.29, 1.82) is 0 Å². The number of hydrogen-bond donors (Lipinski definition) is 3. The van der Waals surface area contributed by atoms with Crippen LogP contribution in [0.4, 0.5) is 10.6 Å². The van der Waals surface area contributed by atoms with Crippen LogP contribution in [0.1, 0.15) is 24.0 Å². The summed E-state index contributed by atoms with van der Waals surface area (Å²) in [6.07, 6.45) is 6.10. The van der Waals surface area contributed by atoms with Crippen molar-refractivity contribution in [2.75, 3.05) is 51.1 Å². The van der Waals surface area contributed by atoms with Crippen LogP contribution in [-0.4, -0.2) is 77.2 Å². The van der Waals surface area contributed by atoms with Crippen molar-refractivity contribution < 1.29 is 4.79 Å². The van der Waals surface area contributed by atoms with E-state index in [1.54, 1.807) is 21.7 Å². The summed E-state index contributed by atoms with van der Waals surface area (Å²) in [5.74, 6) is 0.916. The third-order valence-electron chi connectivity index (χ3n) is 7.28. The van der Waals surface area contributed by atoms with E-state index < -0.39 is 5.69 Å². The molecule has 0 bridgehead atoms. The van der Waals surface area contributed by atoms with Crippen LogP contribution >= 0.6 is 12.4 Å². The molecule has 0 saturated carbocycles. The molecule has 1 aromatic carbocycles. The fourth-order valence-electron chi connectivity index (χ4n) is 5.30. The number of nitrogens with zero attached hydrogens (tertiary/aromatic N) is 4. The van der Waals surface area contributed by atoms with Crippen LogP contribution in [-0.2, 0) is 12.8 Å². The molecule has 2 atom stereocenters. The largest absolute Gasteiger partial charge is 0.354 e. The lowest BCUT2D eigenvalue weighted by Crippen LogP contribution is -2.48. The van der Waals surface area contributed by atoms with E-state index >= 15 is 0 Å². The van der Waals surface area contributed by atoms with Gasteiger partial charge in [0.05, 0.1) is 5.69 Å². The second-order valence-corrected chi connectivity index (χ2v) is 9.37. The lowest BCUT2D eigenvalue weighted by Gasteiger charge is -2.32.